The Hall–Kier alpha value is -0.410. The number of rotatable bonds is 6. The van der Waals surface area contributed by atoms with Gasteiger partial charge in [-0.15, -0.1) is 11.3 Å². The number of aromatic nitrogens is 1. The molecule has 1 fully saturated rings. The Morgan fingerprint density at radius 1 is 1.53 bits per heavy atom. The van der Waals surface area contributed by atoms with Crippen molar-refractivity contribution in [3.05, 3.63) is 16.1 Å². The average Bonchev–Trinajstić information content (AvgIpc) is 3.02. The number of hydrogen-bond acceptors (Lipinski definition) is 3. The summed E-state index contributed by atoms with van der Waals surface area (Å²) >= 11 is 1.86. The summed E-state index contributed by atoms with van der Waals surface area (Å²) in [4.78, 5) is 5.82. The van der Waals surface area contributed by atoms with E-state index in [2.05, 4.69) is 44.2 Å². The molecule has 0 radical (unpaired) electrons. The van der Waals surface area contributed by atoms with Gasteiger partial charge in [-0.05, 0) is 37.5 Å². The number of aryl methyl sites for hydroxylation is 1. The smallest absolute Gasteiger partial charge is 0.0896 e. The van der Waals surface area contributed by atoms with E-state index in [0.717, 1.165) is 12.5 Å². The molecule has 0 saturated heterocycles. The van der Waals surface area contributed by atoms with Crippen LogP contribution in [0.4, 0.5) is 0 Å². The summed E-state index contributed by atoms with van der Waals surface area (Å²) in [6.45, 7) is 10.1. The van der Waals surface area contributed by atoms with Crippen LogP contribution in [0.1, 0.15) is 43.5 Å². The van der Waals surface area contributed by atoms with Gasteiger partial charge in [0.1, 0.15) is 0 Å². The highest BCUT2D eigenvalue weighted by atomic mass is 32.1. The van der Waals surface area contributed by atoms with Crippen molar-refractivity contribution in [1.82, 2.24) is 10.3 Å². The lowest BCUT2D eigenvalue weighted by atomic mass is 9.81. The largest absolute Gasteiger partial charge is 0.314 e. The van der Waals surface area contributed by atoms with Crippen molar-refractivity contribution in [2.24, 2.45) is 11.3 Å². The number of nitrogens with one attached hydrogen (secondary N) is 1. The van der Waals surface area contributed by atoms with Gasteiger partial charge in [-0.25, -0.2) is 4.98 Å². The molecule has 2 rings (SSSR count). The van der Waals surface area contributed by atoms with Gasteiger partial charge >= 0.3 is 0 Å². The van der Waals surface area contributed by atoms with Crippen LogP contribution in [-0.4, -0.2) is 17.6 Å². The van der Waals surface area contributed by atoms with Gasteiger partial charge in [0.2, 0.25) is 0 Å². The molecule has 0 aromatic carbocycles. The van der Waals surface area contributed by atoms with E-state index in [0.29, 0.717) is 11.5 Å². The Morgan fingerprint density at radius 3 is 2.71 bits per heavy atom. The van der Waals surface area contributed by atoms with E-state index >= 15 is 0 Å². The molecule has 0 aliphatic heterocycles. The van der Waals surface area contributed by atoms with Crippen molar-refractivity contribution in [3.8, 4) is 0 Å². The third kappa shape index (κ3) is 3.52. The van der Waals surface area contributed by atoms with Crippen LogP contribution in [0.2, 0.25) is 0 Å². The predicted octanol–water partition coefficient (Wildman–Crippen LogP) is 3.41. The molecular formula is C14H24N2S. The molecule has 3 heteroatoms. The van der Waals surface area contributed by atoms with Gasteiger partial charge < -0.3 is 5.32 Å². The second-order valence-electron chi connectivity index (χ2n) is 5.99. The summed E-state index contributed by atoms with van der Waals surface area (Å²) in [7, 11) is 0. The van der Waals surface area contributed by atoms with Crippen LogP contribution in [-0.2, 0) is 6.42 Å². The topological polar surface area (TPSA) is 24.9 Å². The molecule has 1 aromatic rings. The summed E-state index contributed by atoms with van der Waals surface area (Å²) in [6, 6.07) is 0.580. The minimum Gasteiger partial charge on any atom is -0.314 e. The van der Waals surface area contributed by atoms with E-state index in [4.69, 9.17) is 0 Å². The van der Waals surface area contributed by atoms with Gasteiger partial charge in [0.25, 0.3) is 0 Å². The molecule has 1 aliphatic rings. The monoisotopic (exact) mass is 252 g/mol. The minimum absolute atomic E-state index is 0.420. The highest BCUT2D eigenvalue weighted by Gasteiger charge is 2.41. The van der Waals surface area contributed by atoms with Crippen molar-refractivity contribution in [1.29, 1.82) is 0 Å². The fraction of sp³-hybridized carbons (Fsp3) is 0.786. The first-order valence-electron chi connectivity index (χ1n) is 6.64. The van der Waals surface area contributed by atoms with Crippen molar-refractivity contribution < 1.29 is 0 Å². The molecule has 1 aromatic heterocycles. The zero-order chi connectivity index (χ0) is 12.5. The molecule has 1 aliphatic carbocycles. The van der Waals surface area contributed by atoms with Crippen molar-refractivity contribution in [2.45, 2.75) is 53.0 Å². The highest BCUT2D eigenvalue weighted by Crippen LogP contribution is 2.47. The summed E-state index contributed by atoms with van der Waals surface area (Å²) in [6.07, 6.45) is 6.07. The normalized spacial score (nSPS) is 19.6. The summed E-state index contributed by atoms with van der Waals surface area (Å²) in [5.74, 6) is 0.913. The van der Waals surface area contributed by atoms with Crippen LogP contribution in [0, 0.1) is 18.3 Å². The van der Waals surface area contributed by atoms with Crippen molar-refractivity contribution in [3.63, 3.8) is 0 Å². The van der Waals surface area contributed by atoms with Crippen LogP contribution in [0.25, 0.3) is 0 Å². The summed E-state index contributed by atoms with van der Waals surface area (Å²) in [5, 5.41) is 4.81. The standard InChI is InChI=1S/C14H24N2S/c1-10(2)16-9-14(4,12-5-6-12)7-13-8-15-11(3)17-13/h8,10,12,16H,5-7,9H2,1-4H3. The maximum atomic E-state index is 4.37. The van der Waals surface area contributed by atoms with Crippen LogP contribution < -0.4 is 5.32 Å². The zero-order valence-electron chi connectivity index (χ0n) is 11.4. The van der Waals surface area contributed by atoms with Gasteiger partial charge in [-0.3, -0.25) is 0 Å². The van der Waals surface area contributed by atoms with Gasteiger partial charge in [0.15, 0.2) is 0 Å². The lowest BCUT2D eigenvalue weighted by Crippen LogP contribution is -2.38. The maximum Gasteiger partial charge on any atom is 0.0896 e. The Balaban J connectivity index is 2.00. The quantitative estimate of drug-likeness (QED) is 0.839. The lowest BCUT2D eigenvalue weighted by molar-refractivity contribution is 0.250. The van der Waals surface area contributed by atoms with E-state index < -0.39 is 0 Å². The van der Waals surface area contributed by atoms with Crippen LogP contribution in [0.3, 0.4) is 0 Å². The van der Waals surface area contributed by atoms with Crippen LogP contribution >= 0.6 is 11.3 Å². The zero-order valence-corrected chi connectivity index (χ0v) is 12.2. The van der Waals surface area contributed by atoms with Gasteiger partial charge in [0.05, 0.1) is 5.01 Å². The van der Waals surface area contributed by atoms with Gasteiger partial charge in [-0.2, -0.15) is 0 Å². The molecule has 17 heavy (non-hydrogen) atoms. The first kappa shape index (κ1) is 13.0. The SMILES string of the molecule is Cc1ncc(CC(C)(CNC(C)C)C2CC2)s1. The van der Waals surface area contributed by atoms with Gasteiger partial charge in [-0.1, -0.05) is 20.8 Å². The second kappa shape index (κ2) is 5.07. The first-order chi connectivity index (χ1) is 7.99. The van der Waals surface area contributed by atoms with E-state index in [-0.39, 0.29) is 0 Å². The Morgan fingerprint density at radius 2 is 2.24 bits per heavy atom. The molecule has 1 atom stereocenters. The molecule has 0 spiro atoms. The van der Waals surface area contributed by atoms with Crippen LogP contribution in [0.5, 0.6) is 0 Å². The average molecular weight is 252 g/mol. The van der Waals surface area contributed by atoms with E-state index in [1.165, 1.54) is 29.1 Å². The summed E-state index contributed by atoms with van der Waals surface area (Å²) in [5.41, 5.74) is 0.420. The van der Waals surface area contributed by atoms with Crippen molar-refractivity contribution >= 4 is 11.3 Å². The van der Waals surface area contributed by atoms with E-state index in [9.17, 15) is 0 Å². The fourth-order valence-electron chi connectivity index (χ4n) is 2.45. The Bertz CT molecular complexity index is 368. The third-order valence-corrected chi connectivity index (χ3v) is 4.64. The highest BCUT2D eigenvalue weighted by molar-refractivity contribution is 7.11. The Kier molecular flexibility index (Phi) is 3.88. The molecule has 1 saturated carbocycles. The summed E-state index contributed by atoms with van der Waals surface area (Å²) < 4.78 is 0. The molecule has 0 bridgehead atoms. The predicted molar refractivity (Wildman–Crippen MR) is 74.5 cm³/mol. The Labute approximate surface area is 109 Å². The molecule has 96 valence electrons. The first-order valence-corrected chi connectivity index (χ1v) is 7.46. The molecule has 2 nitrogen and oxygen atoms in total. The lowest BCUT2D eigenvalue weighted by Gasteiger charge is -2.30. The van der Waals surface area contributed by atoms with Gasteiger partial charge in [0, 0.05) is 23.7 Å². The molecular weight excluding hydrogens is 228 g/mol. The molecule has 1 unspecified atom stereocenters. The number of nitrogens with zero attached hydrogens (tertiary/aromatic N) is 1. The molecule has 1 N–H and O–H groups in total. The van der Waals surface area contributed by atoms with E-state index in [1.807, 2.05) is 11.3 Å². The number of thiazole rings is 1. The van der Waals surface area contributed by atoms with Crippen LogP contribution in [0.15, 0.2) is 6.20 Å². The maximum absolute atomic E-state index is 4.37. The van der Waals surface area contributed by atoms with Crippen molar-refractivity contribution in [2.75, 3.05) is 6.54 Å². The molecule has 0 amide bonds. The fourth-order valence-corrected chi connectivity index (χ4v) is 3.45. The molecule has 1 heterocycles. The third-order valence-electron chi connectivity index (χ3n) is 3.72. The number of hydrogen-bond donors (Lipinski definition) is 1. The minimum atomic E-state index is 0.420. The van der Waals surface area contributed by atoms with E-state index in [1.54, 1.807) is 0 Å². The second-order valence-corrected chi connectivity index (χ2v) is 7.31.